The summed E-state index contributed by atoms with van der Waals surface area (Å²) in [5.74, 6) is 1.73. The molecule has 1 saturated carbocycles. The van der Waals surface area contributed by atoms with Crippen molar-refractivity contribution in [1.29, 1.82) is 0 Å². The molecule has 8 nitrogen and oxygen atoms in total. The number of benzene rings is 1. The summed E-state index contributed by atoms with van der Waals surface area (Å²) < 4.78 is 10.7. The molecular formula is C24H21N5O3. The first-order chi connectivity index (χ1) is 15.6. The van der Waals surface area contributed by atoms with Crippen LogP contribution in [-0.4, -0.2) is 33.1 Å². The molecule has 4 aromatic rings. The number of hydrogen-bond donors (Lipinski definition) is 1. The van der Waals surface area contributed by atoms with E-state index in [1.54, 1.807) is 31.5 Å². The van der Waals surface area contributed by atoms with E-state index in [9.17, 15) is 4.79 Å². The van der Waals surface area contributed by atoms with E-state index in [-0.39, 0.29) is 11.8 Å². The summed E-state index contributed by atoms with van der Waals surface area (Å²) in [5, 5.41) is 6.94. The first-order valence-electron chi connectivity index (χ1n) is 10.3. The van der Waals surface area contributed by atoms with Gasteiger partial charge in [-0.2, -0.15) is 0 Å². The van der Waals surface area contributed by atoms with Crippen LogP contribution in [0.1, 0.15) is 40.7 Å². The zero-order valence-electron chi connectivity index (χ0n) is 17.7. The van der Waals surface area contributed by atoms with Gasteiger partial charge >= 0.3 is 0 Å². The van der Waals surface area contributed by atoms with Gasteiger partial charge in [0.25, 0.3) is 5.91 Å². The normalized spacial score (nSPS) is 13.1. The lowest BCUT2D eigenvalue weighted by atomic mass is 10.1. The lowest BCUT2D eigenvalue weighted by Gasteiger charge is -2.11. The summed E-state index contributed by atoms with van der Waals surface area (Å²) in [7, 11) is 1.51. The molecule has 5 rings (SSSR count). The molecule has 160 valence electrons. The molecule has 1 aromatic carbocycles. The molecule has 1 N–H and O–H groups in total. The highest BCUT2D eigenvalue weighted by molar-refractivity contribution is 6.09. The van der Waals surface area contributed by atoms with Gasteiger partial charge in [0, 0.05) is 29.4 Å². The second-order valence-corrected chi connectivity index (χ2v) is 7.64. The fourth-order valence-electron chi connectivity index (χ4n) is 3.49. The summed E-state index contributed by atoms with van der Waals surface area (Å²) in [6, 6.07) is 13.0. The Balaban J connectivity index is 1.41. The zero-order valence-corrected chi connectivity index (χ0v) is 17.7. The van der Waals surface area contributed by atoms with Crippen LogP contribution in [0.5, 0.6) is 5.88 Å². The van der Waals surface area contributed by atoms with E-state index in [0.29, 0.717) is 34.3 Å². The number of ether oxygens (including phenoxy) is 1. The van der Waals surface area contributed by atoms with E-state index in [4.69, 9.17) is 9.26 Å². The minimum Gasteiger partial charge on any atom is -0.479 e. The van der Waals surface area contributed by atoms with Crippen LogP contribution in [0, 0.1) is 6.92 Å². The van der Waals surface area contributed by atoms with E-state index in [1.165, 1.54) is 7.11 Å². The summed E-state index contributed by atoms with van der Waals surface area (Å²) >= 11 is 0. The zero-order chi connectivity index (χ0) is 22.1. The minimum absolute atomic E-state index is 0.289. The van der Waals surface area contributed by atoms with Crippen LogP contribution in [-0.2, 0) is 0 Å². The van der Waals surface area contributed by atoms with Crippen molar-refractivity contribution in [3.63, 3.8) is 0 Å². The molecule has 0 bridgehead atoms. The van der Waals surface area contributed by atoms with Gasteiger partial charge in [0.2, 0.25) is 5.88 Å². The standard InChI is InChI=1S/C24H21N5O3/c1-14-20(21(29-32-14)15-6-4-3-5-7-15)23(30)27-19-11-10-18(28-24(19)31-2)17-12-25-22(26-13-17)16-8-9-16/h3-7,10-13,16H,8-9H2,1-2H3,(H,27,30). The van der Waals surface area contributed by atoms with Crippen molar-refractivity contribution in [1.82, 2.24) is 20.1 Å². The van der Waals surface area contributed by atoms with Crippen molar-refractivity contribution in [3.05, 3.63) is 72.0 Å². The topological polar surface area (TPSA) is 103 Å². The number of rotatable bonds is 6. The number of hydrogen-bond acceptors (Lipinski definition) is 7. The third kappa shape index (κ3) is 3.82. The average Bonchev–Trinajstić information content (AvgIpc) is 3.61. The van der Waals surface area contributed by atoms with Crippen molar-refractivity contribution in [2.24, 2.45) is 0 Å². The van der Waals surface area contributed by atoms with Gasteiger partial charge in [0.15, 0.2) is 0 Å². The van der Waals surface area contributed by atoms with Crippen LogP contribution in [0.15, 0.2) is 59.4 Å². The summed E-state index contributed by atoms with van der Waals surface area (Å²) in [4.78, 5) is 26.5. The molecule has 8 heteroatoms. The van der Waals surface area contributed by atoms with Gasteiger partial charge in [0.1, 0.15) is 28.5 Å². The molecule has 3 aromatic heterocycles. The largest absolute Gasteiger partial charge is 0.479 e. The van der Waals surface area contributed by atoms with Crippen LogP contribution in [0.3, 0.4) is 0 Å². The van der Waals surface area contributed by atoms with E-state index < -0.39 is 0 Å². The number of carbonyl (C=O) groups excluding carboxylic acids is 1. The second-order valence-electron chi connectivity index (χ2n) is 7.64. The number of pyridine rings is 1. The Morgan fingerprint density at radius 3 is 2.50 bits per heavy atom. The molecule has 1 aliphatic rings. The van der Waals surface area contributed by atoms with E-state index in [0.717, 1.165) is 29.8 Å². The SMILES string of the molecule is COc1nc(-c2cnc(C3CC3)nc2)ccc1NC(=O)c1c(-c2ccccc2)noc1C. The number of nitrogens with one attached hydrogen (secondary N) is 1. The fourth-order valence-corrected chi connectivity index (χ4v) is 3.49. The van der Waals surface area contributed by atoms with Crippen molar-refractivity contribution in [2.45, 2.75) is 25.7 Å². The minimum atomic E-state index is -0.354. The fraction of sp³-hybridized carbons (Fsp3) is 0.208. The number of amides is 1. The summed E-state index contributed by atoms with van der Waals surface area (Å²) in [6.45, 7) is 1.71. The Labute approximate surface area is 184 Å². The van der Waals surface area contributed by atoms with Gasteiger partial charge in [0.05, 0.1) is 12.8 Å². The predicted molar refractivity (Wildman–Crippen MR) is 118 cm³/mol. The second kappa shape index (κ2) is 8.22. The van der Waals surface area contributed by atoms with Gasteiger partial charge in [-0.15, -0.1) is 0 Å². The molecule has 0 unspecified atom stereocenters. The molecule has 0 radical (unpaired) electrons. The highest BCUT2D eigenvalue weighted by Crippen LogP contribution is 2.38. The predicted octanol–water partition coefficient (Wildman–Crippen LogP) is 4.64. The van der Waals surface area contributed by atoms with Crippen LogP contribution in [0.25, 0.3) is 22.5 Å². The lowest BCUT2D eigenvalue weighted by Crippen LogP contribution is -2.14. The molecule has 1 amide bonds. The number of carbonyl (C=O) groups is 1. The first kappa shape index (κ1) is 19.9. The maximum atomic E-state index is 13.1. The maximum absolute atomic E-state index is 13.1. The quantitative estimate of drug-likeness (QED) is 0.478. The number of aromatic nitrogens is 4. The lowest BCUT2D eigenvalue weighted by molar-refractivity contribution is 0.102. The molecule has 0 atom stereocenters. The van der Waals surface area contributed by atoms with Gasteiger partial charge in [-0.25, -0.2) is 15.0 Å². The molecule has 0 spiro atoms. The van der Waals surface area contributed by atoms with E-state index >= 15 is 0 Å². The highest BCUT2D eigenvalue weighted by atomic mass is 16.5. The van der Waals surface area contributed by atoms with Crippen molar-refractivity contribution < 1.29 is 14.1 Å². The smallest absolute Gasteiger partial charge is 0.261 e. The molecule has 1 fully saturated rings. The van der Waals surface area contributed by atoms with Crippen LogP contribution in [0.2, 0.25) is 0 Å². The van der Waals surface area contributed by atoms with Crippen LogP contribution in [0.4, 0.5) is 5.69 Å². The summed E-state index contributed by atoms with van der Waals surface area (Å²) in [6.07, 6.45) is 5.84. The molecule has 0 aliphatic heterocycles. The maximum Gasteiger partial charge on any atom is 0.261 e. The molecule has 1 aliphatic carbocycles. The summed E-state index contributed by atoms with van der Waals surface area (Å²) in [5.41, 5.74) is 3.53. The van der Waals surface area contributed by atoms with Crippen molar-refractivity contribution in [3.8, 4) is 28.4 Å². The van der Waals surface area contributed by atoms with Gasteiger partial charge in [-0.3, -0.25) is 4.79 Å². The Kier molecular flexibility index (Phi) is 5.10. The molecular weight excluding hydrogens is 406 g/mol. The molecule has 3 heterocycles. The third-order valence-electron chi connectivity index (χ3n) is 5.35. The monoisotopic (exact) mass is 427 g/mol. The number of anilines is 1. The Morgan fingerprint density at radius 2 is 1.81 bits per heavy atom. The van der Waals surface area contributed by atoms with Crippen LogP contribution < -0.4 is 10.1 Å². The van der Waals surface area contributed by atoms with Crippen LogP contribution >= 0.6 is 0 Å². The third-order valence-corrected chi connectivity index (χ3v) is 5.35. The number of nitrogens with zero attached hydrogens (tertiary/aromatic N) is 4. The molecule has 0 saturated heterocycles. The van der Waals surface area contributed by atoms with Crippen molar-refractivity contribution in [2.75, 3.05) is 12.4 Å². The van der Waals surface area contributed by atoms with Crippen molar-refractivity contribution >= 4 is 11.6 Å². The Morgan fingerprint density at radius 1 is 1.06 bits per heavy atom. The van der Waals surface area contributed by atoms with E-state index in [1.807, 2.05) is 30.3 Å². The average molecular weight is 427 g/mol. The van der Waals surface area contributed by atoms with Gasteiger partial charge < -0.3 is 14.6 Å². The number of methoxy groups -OCH3 is 1. The van der Waals surface area contributed by atoms with Gasteiger partial charge in [-0.05, 0) is 31.9 Å². The van der Waals surface area contributed by atoms with Gasteiger partial charge in [-0.1, -0.05) is 35.5 Å². The Hall–Kier alpha value is -4.07. The highest BCUT2D eigenvalue weighted by Gasteiger charge is 2.26. The first-order valence-corrected chi connectivity index (χ1v) is 10.3. The number of aryl methyl sites for hydroxylation is 1. The van der Waals surface area contributed by atoms with E-state index in [2.05, 4.69) is 25.4 Å². The Bertz CT molecular complexity index is 1260. The molecule has 32 heavy (non-hydrogen) atoms.